The second kappa shape index (κ2) is 4.03. The fourth-order valence-electron chi connectivity index (χ4n) is 2.30. The van der Waals surface area contributed by atoms with Crippen molar-refractivity contribution in [3.63, 3.8) is 0 Å². The molecule has 0 radical (unpaired) electrons. The van der Waals surface area contributed by atoms with Gasteiger partial charge in [0.05, 0.1) is 17.2 Å². The van der Waals surface area contributed by atoms with E-state index in [1.165, 1.54) is 0 Å². The summed E-state index contributed by atoms with van der Waals surface area (Å²) in [6.45, 7) is 0.378. The molecular weight excluding hydrogens is 252 g/mol. The van der Waals surface area contributed by atoms with E-state index in [0.717, 1.165) is 11.3 Å². The average molecular weight is 266 g/mol. The second-order valence-corrected chi connectivity index (χ2v) is 6.79. The van der Waals surface area contributed by atoms with Crippen LogP contribution >= 0.6 is 0 Å². The molecule has 2 aromatic rings. The number of nitrogens with two attached hydrogens (primary N) is 1. The van der Waals surface area contributed by atoms with Gasteiger partial charge in [-0.05, 0) is 18.6 Å². The third-order valence-electron chi connectivity index (χ3n) is 3.26. The van der Waals surface area contributed by atoms with Gasteiger partial charge in [0.1, 0.15) is 0 Å². The van der Waals surface area contributed by atoms with Gasteiger partial charge in [0.15, 0.2) is 21.3 Å². The molecule has 0 saturated carbocycles. The lowest BCUT2D eigenvalue weighted by atomic mass is 10.1. The summed E-state index contributed by atoms with van der Waals surface area (Å²) < 4.78 is 24.6. The number of fused-ring (bicyclic) bond motifs is 1. The molecule has 2 aromatic heterocycles. The smallest absolute Gasteiger partial charge is 0.155 e. The van der Waals surface area contributed by atoms with E-state index >= 15 is 0 Å². The van der Waals surface area contributed by atoms with Crippen molar-refractivity contribution in [3.8, 4) is 0 Å². The summed E-state index contributed by atoms with van der Waals surface area (Å²) in [6, 6.07) is 5.61. The Bertz CT molecular complexity index is 692. The summed E-state index contributed by atoms with van der Waals surface area (Å²) in [5, 5.41) is 4.39. The Balaban J connectivity index is 2.04. The molecule has 0 amide bonds. The Kier molecular flexibility index (Phi) is 2.60. The summed E-state index contributed by atoms with van der Waals surface area (Å²) in [5.41, 5.74) is 7.22. The molecule has 18 heavy (non-hydrogen) atoms. The predicted molar refractivity (Wildman–Crippen MR) is 66.9 cm³/mol. The molecule has 3 rings (SSSR count). The zero-order valence-electron chi connectivity index (χ0n) is 9.78. The summed E-state index contributed by atoms with van der Waals surface area (Å²) in [6.07, 6.45) is 0.608. The largest absolute Gasteiger partial charge is 0.325 e. The molecule has 6 nitrogen and oxygen atoms in total. The molecule has 1 unspecified atom stereocenters. The SMILES string of the molecule is NCc1cccc2nc(C3CCS(=O)(=O)C3)nn12. The highest BCUT2D eigenvalue weighted by molar-refractivity contribution is 7.91. The highest BCUT2D eigenvalue weighted by atomic mass is 32.2. The van der Waals surface area contributed by atoms with Crippen LogP contribution in [0.4, 0.5) is 0 Å². The van der Waals surface area contributed by atoms with Gasteiger partial charge in [-0.3, -0.25) is 0 Å². The van der Waals surface area contributed by atoms with Crippen LogP contribution < -0.4 is 5.73 Å². The van der Waals surface area contributed by atoms with E-state index in [-0.39, 0.29) is 17.4 Å². The third kappa shape index (κ3) is 1.89. The first-order valence-corrected chi connectivity index (χ1v) is 7.66. The van der Waals surface area contributed by atoms with Crippen molar-refractivity contribution in [2.75, 3.05) is 11.5 Å². The molecule has 1 saturated heterocycles. The quantitative estimate of drug-likeness (QED) is 0.832. The number of rotatable bonds is 2. The van der Waals surface area contributed by atoms with Gasteiger partial charge in [-0.2, -0.15) is 5.10 Å². The van der Waals surface area contributed by atoms with Crippen LogP contribution in [0.15, 0.2) is 18.2 Å². The lowest BCUT2D eigenvalue weighted by Gasteiger charge is -2.00. The van der Waals surface area contributed by atoms with Crippen molar-refractivity contribution in [1.82, 2.24) is 14.6 Å². The average Bonchev–Trinajstić information content (AvgIpc) is 2.91. The number of aromatic nitrogens is 3. The van der Waals surface area contributed by atoms with E-state index in [4.69, 9.17) is 5.73 Å². The van der Waals surface area contributed by atoms with Gasteiger partial charge < -0.3 is 5.73 Å². The Morgan fingerprint density at radius 3 is 2.94 bits per heavy atom. The summed E-state index contributed by atoms with van der Waals surface area (Å²) in [5.74, 6) is 0.913. The Hall–Kier alpha value is -1.47. The molecule has 0 aromatic carbocycles. The van der Waals surface area contributed by atoms with Crippen molar-refractivity contribution in [2.45, 2.75) is 18.9 Å². The standard InChI is InChI=1S/C11H14N4O2S/c12-6-9-2-1-3-10-13-11(14-15(9)10)8-4-5-18(16,17)7-8/h1-3,8H,4-7,12H2. The van der Waals surface area contributed by atoms with E-state index in [9.17, 15) is 8.42 Å². The number of pyridine rings is 1. The minimum absolute atomic E-state index is 0.0828. The number of sulfone groups is 1. The molecule has 1 fully saturated rings. The van der Waals surface area contributed by atoms with Crippen molar-refractivity contribution in [2.24, 2.45) is 5.73 Å². The van der Waals surface area contributed by atoms with Gasteiger partial charge in [-0.1, -0.05) is 6.07 Å². The van der Waals surface area contributed by atoms with Gasteiger partial charge in [0, 0.05) is 12.5 Å². The highest BCUT2D eigenvalue weighted by Crippen LogP contribution is 2.26. The summed E-state index contributed by atoms with van der Waals surface area (Å²) in [4.78, 5) is 4.40. The third-order valence-corrected chi connectivity index (χ3v) is 5.03. The number of hydrogen-bond acceptors (Lipinski definition) is 5. The lowest BCUT2D eigenvalue weighted by Crippen LogP contribution is -2.07. The van der Waals surface area contributed by atoms with Gasteiger partial charge >= 0.3 is 0 Å². The van der Waals surface area contributed by atoms with Crippen LogP contribution in [0, 0.1) is 0 Å². The van der Waals surface area contributed by atoms with Crippen molar-refractivity contribution in [3.05, 3.63) is 29.7 Å². The van der Waals surface area contributed by atoms with Crippen LogP contribution in [0.25, 0.3) is 5.65 Å². The van der Waals surface area contributed by atoms with Crippen LogP contribution in [-0.2, 0) is 16.4 Å². The van der Waals surface area contributed by atoms with E-state index < -0.39 is 9.84 Å². The van der Waals surface area contributed by atoms with Gasteiger partial charge in [0.25, 0.3) is 0 Å². The van der Waals surface area contributed by atoms with E-state index in [1.54, 1.807) is 4.52 Å². The van der Waals surface area contributed by atoms with E-state index in [2.05, 4.69) is 10.1 Å². The maximum absolute atomic E-state index is 11.5. The van der Waals surface area contributed by atoms with Crippen molar-refractivity contribution < 1.29 is 8.42 Å². The molecule has 2 N–H and O–H groups in total. The molecule has 0 aliphatic carbocycles. The fraction of sp³-hybridized carbons (Fsp3) is 0.455. The first kappa shape index (κ1) is 11.6. The predicted octanol–water partition coefficient (Wildman–Crippen LogP) is 0.0901. The molecule has 7 heteroatoms. The topological polar surface area (TPSA) is 90.3 Å². The molecule has 1 aliphatic rings. The van der Waals surface area contributed by atoms with Crippen molar-refractivity contribution >= 4 is 15.5 Å². The molecule has 96 valence electrons. The Labute approximate surface area is 105 Å². The normalized spacial score (nSPS) is 22.6. The van der Waals surface area contributed by atoms with Crippen molar-refractivity contribution in [1.29, 1.82) is 0 Å². The van der Waals surface area contributed by atoms with Crippen LogP contribution in [-0.4, -0.2) is 34.5 Å². The van der Waals surface area contributed by atoms with Gasteiger partial charge in [0.2, 0.25) is 0 Å². The summed E-state index contributed by atoms with van der Waals surface area (Å²) >= 11 is 0. The number of hydrogen-bond donors (Lipinski definition) is 1. The molecular formula is C11H14N4O2S. The van der Waals surface area contributed by atoms with E-state index in [0.29, 0.717) is 18.8 Å². The van der Waals surface area contributed by atoms with Gasteiger partial charge in [-0.25, -0.2) is 17.9 Å². The fourth-order valence-corrected chi connectivity index (χ4v) is 4.04. The van der Waals surface area contributed by atoms with Crippen LogP contribution in [0.5, 0.6) is 0 Å². The molecule has 3 heterocycles. The summed E-state index contributed by atoms with van der Waals surface area (Å²) in [7, 11) is -2.91. The Morgan fingerprint density at radius 2 is 2.28 bits per heavy atom. The lowest BCUT2D eigenvalue weighted by molar-refractivity contribution is 0.601. The maximum Gasteiger partial charge on any atom is 0.155 e. The van der Waals surface area contributed by atoms with Gasteiger partial charge in [-0.15, -0.1) is 0 Å². The first-order chi connectivity index (χ1) is 8.59. The molecule has 1 atom stereocenters. The molecule has 0 bridgehead atoms. The Morgan fingerprint density at radius 1 is 1.44 bits per heavy atom. The zero-order valence-corrected chi connectivity index (χ0v) is 10.6. The monoisotopic (exact) mass is 266 g/mol. The zero-order chi connectivity index (χ0) is 12.8. The van der Waals surface area contributed by atoms with Crippen LogP contribution in [0.3, 0.4) is 0 Å². The van der Waals surface area contributed by atoms with Crippen LogP contribution in [0.1, 0.15) is 23.9 Å². The minimum atomic E-state index is -2.91. The molecule has 1 aliphatic heterocycles. The first-order valence-electron chi connectivity index (χ1n) is 5.84. The van der Waals surface area contributed by atoms with E-state index in [1.807, 2.05) is 18.2 Å². The minimum Gasteiger partial charge on any atom is -0.325 e. The molecule has 0 spiro atoms. The number of nitrogens with zero attached hydrogens (tertiary/aromatic N) is 3. The highest BCUT2D eigenvalue weighted by Gasteiger charge is 2.31. The maximum atomic E-state index is 11.5. The second-order valence-electron chi connectivity index (χ2n) is 4.56. The van der Waals surface area contributed by atoms with Crippen LogP contribution in [0.2, 0.25) is 0 Å².